The number of likely N-dealkylation sites (tertiary alicyclic amines) is 1. The van der Waals surface area contributed by atoms with E-state index in [-0.39, 0.29) is 17.9 Å². The SMILES string of the molecule is CC(c1ccccc1F)N1CCCC(N)C1. The van der Waals surface area contributed by atoms with Crippen molar-refractivity contribution in [2.45, 2.75) is 31.8 Å². The fraction of sp³-hybridized carbons (Fsp3) is 0.538. The van der Waals surface area contributed by atoms with Crippen LogP contribution in [0.5, 0.6) is 0 Å². The number of halogens is 1. The first-order valence-electron chi connectivity index (χ1n) is 5.92. The molecule has 1 aliphatic heterocycles. The quantitative estimate of drug-likeness (QED) is 0.832. The summed E-state index contributed by atoms with van der Waals surface area (Å²) in [7, 11) is 0. The van der Waals surface area contributed by atoms with Gasteiger partial charge in [0.05, 0.1) is 0 Å². The molecular formula is C13H19FN2. The van der Waals surface area contributed by atoms with Gasteiger partial charge in [0.15, 0.2) is 0 Å². The minimum absolute atomic E-state index is 0.117. The number of hydrogen-bond donors (Lipinski definition) is 1. The van der Waals surface area contributed by atoms with Gasteiger partial charge >= 0.3 is 0 Å². The van der Waals surface area contributed by atoms with Gasteiger partial charge < -0.3 is 5.73 Å². The molecule has 0 radical (unpaired) electrons. The Hall–Kier alpha value is -0.930. The van der Waals surface area contributed by atoms with Crippen LogP contribution in [0.2, 0.25) is 0 Å². The normalized spacial score (nSPS) is 24.3. The topological polar surface area (TPSA) is 29.3 Å². The third-order valence-electron chi connectivity index (χ3n) is 3.39. The van der Waals surface area contributed by atoms with Crippen molar-refractivity contribution in [1.82, 2.24) is 4.90 Å². The second-order valence-electron chi connectivity index (χ2n) is 4.59. The highest BCUT2D eigenvalue weighted by Gasteiger charge is 2.23. The van der Waals surface area contributed by atoms with Crippen LogP contribution in [0.4, 0.5) is 4.39 Å². The first-order valence-corrected chi connectivity index (χ1v) is 5.92. The van der Waals surface area contributed by atoms with Gasteiger partial charge in [-0.15, -0.1) is 0 Å². The number of nitrogens with zero attached hydrogens (tertiary/aromatic N) is 1. The number of rotatable bonds is 2. The molecule has 2 atom stereocenters. The second kappa shape index (κ2) is 4.93. The van der Waals surface area contributed by atoms with Gasteiger partial charge in [-0.1, -0.05) is 18.2 Å². The van der Waals surface area contributed by atoms with E-state index in [1.54, 1.807) is 6.07 Å². The summed E-state index contributed by atoms with van der Waals surface area (Å²) in [5.74, 6) is -0.117. The van der Waals surface area contributed by atoms with E-state index in [9.17, 15) is 4.39 Å². The van der Waals surface area contributed by atoms with Crippen molar-refractivity contribution in [3.63, 3.8) is 0 Å². The molecule has 1 aliphatic rings. The van der Waals surface area contributed by atoms with Crippen LogP contribution in [0.3, 0.4) is 0 Å². The highest BCUT2D eigenvalue weighted by Crippen LogP contribution is 2.25. The lowest BCUT2D eigenvalue weighted by Gasteiger charge is -2.35. The van der Waals surface area contributed by atoms with Crippen molar-refractivity contribution < 1.29 is 4.39 Å². The molecule has 2 unspecified atom stereocenters. The number of piperidine rings is 1. The van der Waals surface area contributed by atoms with E-state index < -0.39 is 0 Å². The highest BCUT2D eigenvalue weighted by atomic mass is 19.1. The Labute approximate surface area is 96.2 Å². The van der Waals surface area contributed by atoms with E-state index in [0.29, 0.717) is 0 Å². The smallest absolute Gasteiger partial charge is 0.127 e. The molecule has 0 spiro atoms. The minimum Gasteiger partial charge on any atom is -0.327 e. The summed E-state index contributed by atoms with van der Waals surface area (Å²) in [6, 6.07) is 7.36. The lowest BCUT2D eigenvalue weighted by molar-refractivity contribution is 0.157. The first-order chi connectivity index (χ1) is 7.68. The Morgan fingerprint density at radius 3 is 2.88 bits per heavy atom. The van der Waals surface area contributed by atoms with Gasteiger partial charge in [-0.25, -0.2) is 4.39 Å². The molecule has 1 aromatic carbocycles. The lowest BCUT2D eigenvalue weighted by atomic mass is 10.0. The molecule has 0 saturated carbocycles. The van der Waals surface area contributed by atoms with Crippen LogP contribution in [-0.4, -0.2) is 24.0 Å². The molecule has 1 aromatic rings. The summed E-state index contributed by atoms with van der Waals surface area (Å²) in [6.45, 7) is 3.94. The van der Waals surface area contributed by atoms with Gasteiger partial charge in [0.25, 0.3) is 0 Å². The molecule has 3 heteroatoms. The molecule has 0 aliphatic carbocycles. The fourth-order valence-corrected chi connectivity index (χ4v) is 2.40. The fourth-order valence-electron chi connectivity index (χ4n) is 2.40. The van der Waals surface area contributed by atoms with Crippen molar-refractivity contribution in [3.8, 4) is 0 Å². The zero-order valence-electron chi connectivity index (χ0n) is 9.70. The number of hydrogen-bond acceptors (Lipinski definition) is 2. The van der Waals surface area contributed by atoms with Gasteiger partial charge in [-0.3, -0.25) is 4.90 Å². The number of benzene rings is 1. The van der Waals surface area contributed by atoms with Crippen LogP contribution in [-0.2, 0) is 0 Å². The Bertz CT molecular complexity index is 354. The second-order valence-corrected chi connectivity index (χ2v) is 4.59. The predicted molar refractivity (Wildman–Crippen MR) is 63.6 cm³/mol. The maximum atomic E-state index is 13.6. The van der Waals surface area contributed by atoms with Crippen molar-refractivity contribution in [2.24, 2.45) is 5.73 Å². The van der Waals surface area contributed by atoms with Crippen LogP contribution < -0.4 is 5.73 Å². The van der Waals surface area contributed by atoms with E-state index in [0.717, 1.165) is 31.5 Å². The largest absolute Gasteiger partial charge is 0.327 e. The van der Waals surface area contributed by atoms with E-state index >= 15 is 0 Å². The van der Waals surface area contributed by atoms with Crippen molar-refractivity contribution in [1.29, 1.82) is 0 Å². The van der Waals surface area contributed by atoms with Crippen molar-refractivity contribution >= 4 is 0 Å². The third kappa shape index (κ3) is 2.42. The van der Waals surface area contributed by atoms with Crippen LogP contribution >= 0.6 is 0 Å². The summed E-state index contributed by atoms with van der Waals surface area (Å²) >= 11 is 0. The first kappa shape index (κ1) is 11.6. The van der Waals surface area contributed by atoms with Gasteiger partial charge in [-0.05, 0) is 32.4 Å². The molecular weight excluding hydrogens is 203 g/mol. The summed E-state index contributed by atoms with van der Waals surface area (Å²) in [5, 5.41) is 0. The van der Waals surface area contributed by atoms with Gasteiger partial charge in [0.2, 0.25) is 0 Å². The average Bonchev–Trinajstić information content (AvgIpc) is 2.29. The minimum atomic E-state index is -0.117. The number of nitrogens with two attached hydrogens (primary N) is 1. The van der Waals surface area contributed by atoms with Crippen molar-refractivity contribution in [2.75, 3.05) is 13.1 Å². The Balaban J connectivity index is 2.12. The molecule has 0 amide bonds. The van der Waals surface area contributed by atoms with Crippen LogP contribution in [0.15, 0.2) is 24.3 Å². The van der Waals surface area contributed by atoms with Gasteiger partial charge in [0, 0.05) is 24.2 Å². The van der Waals surface area contributed by atoms with Crippen molar-refractivity contribution in [3.05, 3.63) is 35.6 Å². The molecule has 1 heterocycles. The maximum absolute atomic E-state index is 13.6. The standard InChI is InChI=1S/C13H19FN2/c1-10(12-6-2-3-7-13(12)14)16-8-4-5-11(15)9-16/h2-3,6-7,10-11H,4-5,8-9,15H2,1H3. The summed E-state index contributed by atoms with van der Waals surface area (Å²) in [4.78, 5) is 2.27. The summed E-state index contributed by atoms with van der Waals surface area (Å²) in [6.07, 6.45) is 2.19. The maximum Gasteiger partial charge on any atom is 0.127 e. The molecule has 0 aromatic heterocycles. The Kier molecular flexibility index (Phi) is 3.56. The van der Waals surface area contributed by atoms with Gasteiger partial charge in [0.1, 0.15) is 5.82 Å². The van der Waals surface area contributed by atoms with E-state index in [1.807, 2.05) is 12.1 Å². The average molecular weight is 222 g/mol. The molecule has 2 rings (SSSR count). The van der Waals surface area contributed by atoms with E-state index in [2.05, 4.69) is 11.8 Å². The monoisotopic (exact) mass is 222 g/mol. The van der Waals surface area contributed by atoms with E-state index in [4.69, 9.17) is 5.73 Å². The molecule has 1 saturated heterocycles. The van der Waals surface area contributed by atoms with Gasteiger partial charge in [-0.2, -0.15) is 0 Å². The summed E-state index contributed by atoms with van der Waals surface area (Å²) in [5.41, 5.74) is 6.72. The zero-order valence-corrected chi connectivity index (χ0v) is 9.70. The van der Waals surface area contributed by atoms with E-state index in [1.165, 1.54) is 6.07 Å². The summed E-state index contributed by atoms with van der Waals surface area (Å²) < 4.78 is 13.6. The Morgan fingerprint density at radius 2 is 2.19 bits per heavy atom. The lowest BCUT2D eigenvalue weighted by Crippen LogP contribution is -2.43. The van der Waals surface area contributed by atoms with Crippen LogP contribution in [0.25, 0.3) is 0 Å². The Morgan fingerprint density at radius 1 is 1.44 bits per heavy atom. The third-order valence-corrected chi connectivity index (χ3v) is 3.39. The molecule has 16 heavy (non-hydrogen) atoms. The zero-order chi connectivity index (χ0) is 11.5. The molecule has 88 valence electrons. The molecule has 2 N–H and O–H groups in total. The molecule has 1 fully saturated rings. The highest BCUT2D eigenvalue weighted by molar-refractivity contribution is 5.20. The van der Waals surface area contributed by atoms with Crippen LogP contribution in [0.1, 0.15) is 31.4 Å². The van der Waals surface area contributed by atoms with Crippen LogP contribution in [0, 0.1) is 5.82 Å². The molecule has 2 nitrogen and oxygen atoms in total. The molecule has 0 bridgehead atoms. The predicted octanol–water partition coefficient (Wildman–Crippen LogP) is 2.31.